The third-order valence-corrected chi connectivity index (χ3v) is 2.62. The Labute approximate surface area is 108 Å². The average Bonchev–Trinajstić information content (AvgIpc) is 2.27. The van der Waals surface area contributed by atoms with Gasteiger partial charge in [0, 0.05) is 22.0 Å². The fourth-order valence-electron chi connectivity index (χ4n) is 1.28. The van der Waals surface area contributed by atoms with Crippen molar-refractivity contribution in [2.24, 2.45) is 0 Å². The molecule has 0 radical (unpaired) electrons. The van der Waals surface area contributed by atoms with E-state index in [-0.39, 0.29) is 0 Å². The highest BCUT2D eigenvalue weighted by atomic mass is 79.9. The molecule has 0 aliphatic heterocycles. The number of nitrogens with zero attached hydrogens (tertiary/aromatic N) is 2. The van der Waals surface area contributed by atoms with Crippen molar-refractivity contribution in [1.82, 2.24) is 0 Å². The first-order chi connectivity index (χ1) is 8.31. The van der Waals surface area contributed by atoms with Gasteiger partial charge < -0.3 is 17.3 Å². The predicted octanol–water partition coefficient (Wildman–Crippen LogP) is 5.39. The second kappa shape index (κ2) is 5.82. The Kier molecular flexibility index (Phi) is 4.67. The van der Waals surface area contributed by atoms with Crippen LogP contribution >= 0.6 is 15.9 Å². The largest absolute Gasteiger partial charge is 0.673 e. The van der Waals surface area contributed by atoms with E-state index in [1.807, 2.05) is 30.3 Å². The minimum absolute atomic E-state index is 0.569. The van der Waals surface area contributed by atoms with Crippen LogP contribution in [0.15, 0.2) is 40.9 Å². The standard InChI is InChI=1S/C10H6BrN2.BF4/c11-10-3-1-2-7-4-5-8(13-12)6-9(7)10;2-1(3,4)5/h1-6H;/q+1;-1. The van der Waals surface area contributed by atoms with Gasteiger partial charge in [0.1, 0.15) is 0 Å². The van der Waals surface area contributed by atoms with E-state index in [4.69, 9.17) is 5.39 Å². The highest BCUT2D eigenvalue weighted by Crippen LogP contribution is 2.27. The van der Waals surface area contributed by atoms with Gasteiger partial charge in [-0.1, -0.05) is 28.1 Å². The molecule has 0 bridgehead atoms. The molecule has 0 heterocycles. The molecule has 2 rings (SSSR count). The van der Waals surface area contributed by atoms with Crippen LogP contribution in [-0.4, -0.2) is 7.25 Å². The molecule has 8 heteroatoms. The van der Waals surface area contributed by atoms with Crippen molar-refractivity contribution < 1.29 is 17.3 Å². The number of rotatable bonds is 0. The lowest BCUT2D eigenvalue weighted by molar-refractivity contribution is 0.368. The van der Waals surface area contributed by atoms with E-state index in [2.05, 4.69) is 20.9 Å². The maximum Gasteiger partial charge on any atom is 0.673 e. The summed E-state index contributed by atoms with van der Waals surface area (Å²) < 4.78 is 40.0. The van der Waals surface area contributed by atoms with Gasteiger partial charge in [-0.15, -0.1) is 0 Å². The molecule has 18 heavy (non-hydrogen) atoms. The van der Waals surface area contributed by atoms with E-state index >= 15 is 0 Å². The lowest BCUT2D eigenvalue weighted by Gasteiger charge is -1.96. The van der Waals surface area contributed by atoms with Crippen LogP contribution in [0.2, 0.25) is 0 Å². The molecule has 0 saturated carbocycles. The number of halogens is 5. The Bertz CT molecular complexity index is 588. The zero-order valence-corrected chi connectivity index (χ0v) is 10.4. The second-order valence-electron chi connectivity index (χ2n) is 3.24. The van der Waals surface area contributed by atoms with Crippen LogP contribution in [0.1, 0.15) is 0 Å². The van der Waals surface area contributed by atoms with E-state index in [0.29, 0.717) is 5.69 Å². The number of benzene rings is 2. The Morgan fingerprint density at radius 3 is 2.22 bits per heavy atom. The van der Waals surface area contributed by atoms with Gasteiger partial charge in [0.05, 0.1) is 0 Å². The highest BCUT2D eigenvalue weighted by molar-refractivity contribution is 9.10. The summed E-state index contributed by atoms with van der Waals surface area (Å²) in [7, 11) is -6.00. The van der Waals surface area contributed by atoms with Gasteiger partial charge in [0.15, 0.2) is 4.98 Å². The summed E-state index contributed by atoms with van der Waals surface area (Å²) in [5, 5.41) is 10.8. The normalized spacial score (nSPS) is 10.4. The summed E-state index contributed by atoms with van der Waals surface area (Å²) in [6, 6.07) is 11.5. The number of hydrogen-bond donors (Lipinski definition) is 0. The minimum atomic E-state index is -6.00. The van der Waals surface area contributed by atoms with Crippen molar-refractivity contribution in [3.63, 3.8) is 0 Å². The summed E-state index contributed by atoms with van der Waals surface area (Å²) in [6.07, 6.45) is 0. The van der Waals surface area contributed by atoms with Crippen molar-refractivity contribution in [1.29, 1.82) is 5.39 Å². The van der Waals surface area contributed by atoms with Gasteiger partial charge in [-0.05, 0) is 17.5 Å². The Hall–Kier alpha value is -1.62. The van der Waals surface area contributed by atoms with Crippen molar-refractivity contribution in [2.45, 2.75) is 0 Å². The van der Waals surface area contributed by atoms with Crippen LogP contribution in [0, 0.1) is 5.39 Å². The van der Waals surface area contributed by atoms with E-state index < -0.39 is 7.25 Å². The summed E-state index contributed by atoms with van der Waals surface area (Å²) in [5.74, 6) is 0. The van der Waals surface area contributed by atoms with E-state index in [1.54, 1.807) is 6.07 Å². The minimum Gasteiger partial charge on any atom is -0.418 e. The first kappa shape index (κ1) is 14.4. The summed E-state index contributed by atoms with van der Waals surface area (Å²) in [6.45, 7) is 0. The Morgan fingerprint density at radius 2 is 1.67 bits per heavy atom. The number of hydrogen-bond acceptors (Lipinski definition) is 1. The number of diazo groups is 1. The zero-order chi connectivity index (χ0) is 13.8. The Balaban J connectivity index is 0.000000280. The molecule has 0 fully saturated rings. The summed E-state index contributed by atoms with van der Waals surface area (Å²) >= 11 is 3.44. The fourth-order valence-corrected chi connectivity index (χ4v) is 1.78. The first-order valence-corrected chi connectivity index (χ1v) is 5.51. The molecule has 0 N–H and O–H groups in total. The van der Waals surface area contributed by atoms with Gasteiger partial charge in [-0.25, -0.2) is 0 Å². The molecule has 94 valence electrons. The Morgan fingerprint density at radius 1 is 1.06 bits per heavy atom. The smallest absolute Gasteiger partial charge is 0.418 e. The quantitative estimate of drug-likeness (QED) is 0.363. The van der Waals surface area contributed by atoms with Crippen molar-refractivity contribution >= 4 is 39.6 Å². The summed E-state index contributed by atoms with van der Waals surface area (Å²) in [4.78, 5) is 3.14. The van der Waals surface area contributed by atoms with Gasteiger partial charge >= 0.3 is 12.9 Å². The van der Waals surface area contributed by atoms with Gasteiger partial charge in [0.2, 0.25) is 5.39 Å². The predicted molar refractivity (Wildman–Crippen MR) is 66.6 cm³/mol. The molecule has 2 aromatic carbocycles. The van der Waals surface area contributed by atoms with E-state index in [0.717, 1.165) is 15.2 Å². The SMILES string of the molecule is F[B-](F)(F)F.N#[N+]c1ccc2cccc(Br)c2c1. The summed E-state index contributed by atoms with van der Waals surface area (Å²) in [5.41, 5.74) is 0.569. The molecule has 2 aromatic rings. The molecule has 0 aliphatic carbocycles. The monoisotopic (exact) mass is 320 g/mol. The third kappa shape index (κ3) is 4.71. The second-order valence-corrected chi connectivity index (χ2v) is 4.09. The fraction of sp³-hybridized carbons (Fsp3) is 0. The molecule has 0 amide bonds. The molecule has 0 aromatic heterocycles. The van der Waals surface area contributed by atoms with Gasteiger partial charge in [-0.2, -0.15) is 0 Å². The van der Waals surface area contributed by atoms with Crippen LogP contribution < -0.4 is 0 Å². The molecule has 0 atom stereocenters. The van der Waals surface area contributed by atoms with Crippen molar-refractivity contribution in [3.8, 4) is 0 Å². The molecule has 0 aliphatic rings. The van der Waals surface area contributed by atoms with Crippen LogP contribution in [0.5, 0.6) is 0 Å². The highest BCUT2D eigenvalue weighted by Gasteiger charge is 2.20. The molecule has 0 unspecified atom stereocenters. The lowest BCUT2D eigenvalue weighted by Crippen LogP contribution is -2.02. The molecule has 0 saturated heterocycles. The number of fused-ring (bicyclic) bond motifs is 1. The van der Waals surface area contributed by atoms with E-state index in [9.17, 15) is 17.3 Å². The van der Waals surface area contributed by atoms with Crippen molar-refractivity contribution in [3.05, 3.63) is 45.8 Å². The molecular weight excluding hydrogens is 315 g/mol. The van der Waals surface area contributed by atoms with Gasteiger partial charge in [-0.3, -0.25) is 0 Å². The van der Waals surface area contributed by atoms with Crippen LogP contribution in [0.4, 0.5) is 23.0 Å². The maximum atomic E-state index is 9.75. The maximum absolute atomic E-state index is 9.75. The van der Waals surface area contributed by atoms with Gasteiger partial charge in [0.25, 0.3) is 0 Å². The van der Waals surface area contributed by atoms with E-state index in [1.165, 1.54) is 0 Å². The lowest BCUT2D eigenvalue weighted by atomic mass is 10.1. The van der Waals surface area contributed by atoms with Crippen LogP contribution in [0.25, 0.3) is 15.7 Å². The molecule has 2 nitrogen and oxygen atoms in total. The average molecular weight is 321 g/mol. The van der Waals surface area contributed by atoms with Crippen LogP contribution in [-0.2, 0) is 0 Å². The molecular formula is C10H6BBrF4N2. The third-order valence-electron chi connectivity index (χ3n) is 1.93. The van der Waals surface area contributed by atoms with Crippen molar-refractivity contribution in [2.75, 3.05) is 0 Å². The topological polar surface area (TPSA) is 28.1 Å². The molecule has 0 spiro atoms. The van der Waals surface area contributed by atoms with Crippen LogP contribution in [0.3, 0.4) is 0 Å². The zero-order valence-electron chi connectivity index (χ0n) is 8.83. The first-order valence-electron chi connectivity index (χ1n) is 4.72.